The molecule has 7 nitrogen and oxygen atoms in total. The highest BCUT2D eigenvalue weighted by molar-refractivity contribution is 7.16. The highest BCUT2D eigenvalue weighted by Crippen LogP contribution is 2.33. The third-order valence-electron chi connectivity index (χ3n) is 5.17. The number of carbonyl (C=O) groups excluding carboxylic acids is 1. The lowest BCUT2D eigenvalue weighted by atomic mass is 10.2. The van der Waals surface area contributed by atoms with Crippen molar-refractivity contribution in [2.24, 2.45) is 5.92 Å². The van der Waals surface area contributed by atoms with Crippen LogP contribution >= 0.6 is 22.7 Å². The maximum absolute atomic E-state index is 12.4. The first-order valence-corrected chi connectivity index (χ1v) is 12.4. The third kappa shape index (κ3) is 4.73. The summed E-state index contributed by atoms with van der Waals surface area (Å²) in [5, 5.41) is 12.4. The Morgan fingerprint density at radius 3 is 2.88 bits per heavy atom. The van der Waals surface area contributed by atoms with E-state index >= 15 is 0 Å². The van der Waals surface area contributed by atoms with Crippen molar-refractivity contribution in [2.75, 3.05) is 17.2 Å². The van der Waals surface area contributed by atoms with Crippen molar-refractivity contribution < 1.29 is 4.79 Å². The summed E-state index contributed by atoms with van der Waals surface area (Å²) in [6.45, 7) is 4.92. The molecule has 5 rings (SSSR count). The standard InChI is InChI=1S/C23H24N6OS2/c1-13(2)27-18-8-21(28-15-5-6-17-20(7-15)32-12-26-17)24-10-16(18)23-29-19(11-31-23)22(30)25-9-14-3-4-14/h5-8,10-14H,3-4,9H2,1-2H3,(H,25,30)(H2,24,27,28). The van der Waals surface area contributed by atoms with E-state index in [0.717, 1.165) is 44.5 Å². The maximum atomic E-state index is 12.4. The van der Waals surface area contributed by atoms with E-state index in [1.807, 2.05) is 35.3 Å². The zero-order valence-electron chi connectivity index (χ0n) is 17.9. The molecule has 3 aromatic heterocycles. The molecule has 1 amide bonds. The number of benzene rings is 1. The molecule has 1 aliphatic carbocycles. The number of aromatic nitrogens is 3. The Labute approximate surface area is 194 Å². The van der Waals surface area contributed by atoms with Gasteiger partial charge in [0.15, 0.2) is 0 Å². The van der Waals surface area contributed by atoms with Gasteiger partial charge in [-0.2, -0.15) is 0 Å². The number of anilines is 3. The summed E-state index contributed by atoms with van der Waals surface area (Å²) >= 11 is 3.07. The smallest absolute Gasteiger partial charge is 0.270 e. The van der Waals surface area contributed by atoms with Crippen LogP contribution in [-0.2, 0) is 0 Å². The number of nitrogens with one attached hydrogen (secondary N) is 3. The lowest BCUT2D eigenvalue weighted by Crippen LogP contribution is -2.25. The zero-order chi connectivity index (χ0) is 22.1. The van der Waals surface area contributed by atoms with Gasteiger partial charge in [0.25, 0.3) is 5.91 Å². The predicted octanol–water partition coefficient (Wildman–Crippen LogP) is 5.52. The van der Waals surface area contributed by atoms with Gasteiger partial charge in [0.05, 0.1) is 21.3 Å². The summed E-state index contributed by atoms with van der Waals surface area (Å²) < 4.78 is 1.13. The highest BCUT2D eigenvalue weighted by atomic mass is 32.1. The molecule has 1 fully saturated rings. The first-order valence-electron chi connectivity index (χ1n) is 10.7. The summed E-state index contributed by atoms with van der Waals surface area (Å²) in [5.74, 6) is 1.27. The maximum Gasteiger partial charge on any atom is 0.270 e. The Morgan fingerprint density at radius 1 is 1.19 bits per heavy atom. The molecule has 9 heteroatoms. The van der Waals surface area contributed by atoms with Crippen LogP contribution in [0.3, 0.4) is 0 Å². The van der Waals surface area contributed by atoms with Crippen LogP contribution < -0.4 is 16.0 Å². The first-order chi connectivity index (χ1) is 15.5. The van der Waals surface area contributed by atoms with E-state index in [4.69, 9.17) is 0 Å². The van der Waals surface area contributed by atoms with E-state index in [0.29, 0.717) is 11.6 Å². The quantitative estimate of drug-likeness (QED) is 0.318. The van der Waals surface area contributed by atoms with E-state index in [2.05, 4.69) is 50.8 Å². The lowest BCUT2D eigenvalue weighted by molar-refractivity contribution is 0.0947. The van der Waals surface area contributed by atoms with Crippen LogP contribution in [0.5, 0.6) is 0 Å². The van der Waals surface area contributed by atoms with Gasteiger partial charge in [0, 0.05) is 41.6 Å². The Kier molecular flexibility index (Phi) is 5.75. The molecule has 0 unspecified atom stereocenters. The van der Waals surface area contributed by atoms with Gasteiger partial charge < -0.3 is 16.0 Å². The summed E-state index contributed by atoms with van der Waals surface area (Å²) in [6.07, 6.45) is 4.22. The van der Waals surface area contributed by atoms with Crippen LogP contribution in [0.1, 0.15) is 37.2 Å². The third-order valence-corrected chi connectivity index (χ3v) is 6.83. The molecular formula is C23H24N6OS2. The average Bonchev–Trinajstić information content (AvgIpc) is 3.26. The minimum Gasteiger partial charge on any atom is -0.382 e. The van der Waals surface area contributed by atoms with Crippen molar-refractivity contribution >= 4 is 56.0 Å². The van der Waals surface area contributed by atoms with E-state index in [9.17, 15) is 4.79 Å². The summed E-state index contributed by atoms with van der Waals surface area (Å²) in [6, 6.07) is 8.30. The SMILES string of the molecule is CC(C)Nc1cc(Nc2ccc3ncsc3c2)ncc1-c1nc(C(=O)NCC2CC2)cs1. The summed E-state index contributed by atoms with van der Waals surface area (Å²) in [7, 11) is 0. The lowest BCUT2D eigenvalue weighted by Gasteiger charge is -2.15. The number of fused-ring (bicyclic) bond motifs is 1. The van der Waals surface area contributed by atoms with E-state index < -0.39 is 0 Å². The molecular weight excluding hydrogens is 440 g/mol. The molecule has 32 heavy (non-hydrogen) atoms. The van der Waals surface area contributed by atoms with Crippen LogP contribution in [0, 0.1) is 5.92 Å². The van der Waals surface area contributed by atoms with E-state index in [-0.39, 0.29) is 11.9 Å². The molecule has 1 saturated carbocycles. The van der Waals surface area contributed by atoms with Gasteiger partial charge in [-0.05, 0) is 50.8 Å². The molecule has 0 aliphatic heterocycles. The second kappa shape index (κ2) is 8.84. The van der Waals surface area contributed by atoms with Gasteiger partial charge in [-0.15, -0.1) is 22.7 Å². The van der Waals surface area contributed by atoms with Crippen molar-refractivity contribution in [1.82, 2.24) is 20.3 Å². The van der Waals surface area contributed by atoms with E-state index in [1.54, 1.807) is 11.3 Å². The molecule has 1 aliphatic rings. The van der Waals surface area contributed by atoms with Gasteiger partial charge in [-0.1, -0.05) is 0 Å². The minimum atomic E-state index is -0.109. The van der Waals surface area contributed by atoms with E-state index in [1.165, 1.54) is 24.2 Å². The predicted molar refractivity (Wildman–Crippen MR) is 132 cm³/mol. The van der Waals surface area contributed by atoms with Crippen molar-refractivity contribution in [2.45, 2.75) is 32.7 Å². The fourth-order valence-corrected chi connectivity index (χ4v) is 4.90. The molecule has 0 radical (unpaired) electrons. The van der Waals surface area contributed by atoms with Crippen LogP contribution in [0.4, 0.5) is 17.2 Å². The number of pyridine rings is 1. The fraction of sp³-hybridized carbons (Fsp3) is 0.304. The van der Waals surface area contributed by atoms with Gasteiger partial charge in [0.2, 0.25) is 0 Å². The van der Waals surface area contributed by atoms with Gasteiger partial charge >= 0.3 is 0 Å². The summed E-state index contributed by atoms with van der Waals surface area (Å²) in [4.78, 5) is 25.9. The normalized spacial score (nSPS) is 13.5. The largest absolute Gasteiger partial charge is 0.382 e. The molecule has 3 N–H and O–H groups in total. The van der Waals surface area contributed by atoms with Gasteiger partial charge in [-0.3, -0.25) is 4.79 Å². The Balaban J connectivity index is 1.38. The fourth-order valence-electron chi connectivity index (χ4n) is 3.36. The van der Waals surface area contributed by atoms with Gasteiger partial charge in [-0.25, -0.2) is 15.0 Å². The molecule has 4 aromatic rings. The van der Waals surface area contributed by atoms with Crippen LogP contribution in [0.25, 0.3) is 20.8 Å². The Bertz CT molecular complexity index is 1260. The molecule has 3 heterocycles. The second-order valence-electron chi connectivity index (χ2n) is 8.27. The number of hydrogen-bond donors (Lipinski definition) is 3. The molecule has 0 saturated heterocycles. The van der Waals surface area contributed by atoms with Crippen molar-refractivity contribution in [3.63, 3.8) is 0 Å². The molecule has 164 valence electrons. The Hall–Kier alpha value is -3.04. The minimum absolute atomic E-state index is 0.109. The number of rotatable bonds is 8. The topological polar surface area (TPSA) is 91.8 Å². The zero-order valence-corrected chi connectivity index (χ0v) is 19.5. The average molecular weight is 465 g/mol. The van der Waals surface area contributed by atoms with Crippen molar-refractivity contribution in [3.05, 3.63) is 47.0 Å². The second-order valence-corrected chi connectivity index (χ2v) is 10.0. The molecule has 0 atom stereocenters. The summed E-state index contributed by atoms with van der Waals surface area (Å²) in [5.41, 5.74) is 6.07. The van der Waals surface area contributed by atoms with Crippen molar-refractivity contribution in [1.29, 1.82) is 0 Å². The number of hydrogen-bond acceptors (Lipinski definition) is 8. The van der Waals surface area contributed by atoms with Gasteiger partial charge in [0.1, 0.15) is 16.5 Å². The monoisotopic (exact) mass is 464 g/mol. The number of nitrogens with zero attached hydrogens (tertiary/aromatic N) is 3. The number of carbonyl (C=O) groups is 1. The Morgan fingerprint density at radius 2 is 2.06 bits per heavy atom. The molecule has 0 spiro atoms. The number of amides is 1. The highest BCUT2D eigenvalue weighted by Gasteiger charge is 2.23. The molecule has 0 bridgehead atoms. The first kappa shape index (κ1) is 20.8. The van der Waals surface area contributed by atoms with Crippen LogP contribution in [0.2, 0.25) is 0 Å². The van der Waals surface area contributed by atoms with Crippen molar-refractivity contribution in [3.8, 4) is 10.6 Å². The van der Waals surface area contributed by atoms with Crippen LogP contribution in [-0.4, -0.2) is 33.4 Å². The molecule has 1 aromatic carbocycles. The number of thiazole rings is 2. The van der Waals surface area contributed by atoms with Crippen LogP contribution in [0.15, 0.2) is 41.4 Å².